The second-order valence-corrected chi connectivity index (χ2v) is 5.80. The molecule has 0 saturated carbocycles. The maximum Gasteiger partial charge on any atom is 0.0194 e. The lowest BCUT2D eigenvalue weighted by Gasteiger charge is -2.38. The van der Waals surface area contributed by atoms with Crippen LogP contribution in [0.15, 0.2) is 30.3 Å². The molecule has 2 N–H and O–H groups in total. The fourth-order valence-electron chi connectivity index (χ4n) is 2.73. The summed E-state index contributed by atoms with van der Waals surface area (Å²) >= 11 is 0. The third-order valence-corrected chi connectivity index (χ3v) is 4.36. The van der Waals surface area contributed by atoms with Crippen LogP contribution in [0, 0.1) is 5.92 Å². The lowest BCUT2D eigenvalue weighted by Crippen LogP contribution is -2.50. The van der Waals surface area contributed by atoms with Crippen LogP contribution in [0.25, 0.3) is 0 Å². The first-order valence-electron chi connectivity index (χ1n) is 7.20. The molecule has 1 saturated heterocycles. The SMILES string of the molecule is CC1CCN(C(C)CCc2ccccc2)CC1N. The highest BCUT2D eigenvalue weighted by atomic mass is 15.2. The zero-order chi connectivity index (χ0) is 13.0. The Morgan fingerprint density at radius 2 is 2.06 bits per heavy atom. The number of hydrogen-bond acceptors (Lipinski definition) is 2. The van der Waals surface area contributed by atoms with Crippen LogP contribution in [0.1, 0.15) is 32.3 Å². The standard InChI is InChI=1S/C16H26N2/c1-13-10-11-18(12-16(13)17)14(2)8-9-15-6-4-3-5-7-15/h3-7,13-14,16H,8-12,17H2,1-2H3. The van der Waals surface area contributed by atoms with Crippen molar-refractivity contribution in [3.63, 3.8) is 0 Å². The minimum Gasteiger partial charge on any atom is -0.326 e. The number of nitrogens with zero attached hydrogens (tertiary/aromatic N) is 1. The minimum absolute atomic E-state index is 0.359. The van der Waals surface area contributed by atoms with Crippen molar-refractivity contribution in [2.45, 2.75) is 45.2 Å². The van der Waals surface area contributed by atoms with E-state index >= 15 is 0 Å². The highest BCUT2D eigenvalue weighted by Crippen LogP contribution is 2.19. The molecule has 0 radical (unpaired) electrons. The second-order valence-electron chi connectivity index (χ2n) is 5.80. The van der Waals surface area contributed by atoms with E-state index in [1.807, 2.05) is 0 Å². The van der Waals surface area contributed by atoms with Gasteiger partial charge in [-0.05, 0) is 44.2 Å². The molecule has 0 spiro atoms. The molecule has 100 valence electrons. The summed E-state index contributed by atoms with van der Waals surface area (Å²) in [4.78, 5) is 2.56. The van der Waals surface area contributed by atoms with Crippen LogP contribution in [-0.4, -0.2) is 30.1 Å². The molecule has 1 fully saturated rings. The van der Waals surface area contributed by atoms with Crippen LogP contribution in [0.5, 0.6) is 0 Å². The van der Waals surface area contributed by atoms with Crippen LogP contribution in [-0.2, 0) is 6.42 Å². The van der Waals surface area contributed by atoms with E-state index in [1.165, 1.54) is 31.4 Å². The molecule has 3 unspecified atom stereocenters. The summed E-state index contributed by atoms with van der Waals surface area (Å²) in [6.45, 7) is 6.89. The first kappa shape index (κ1) is 13.6. The molecular formula is C16H26N2. The zero-order valence-corrected chi connectivity index (χ0v) is 11.7. The summed E-state index contributed by atoms with van der Waals surface area (Å²) in [6.07, 6.45) is 3.64. The van der Waals surface area contributed by atoms with Gasteiger partial charge in [0.1, 0.15) is 0 Å². The summed E-state index contributed by atoms with van der Waals surface area (Å²) in [5.41, 5.74) is 7.62. The van der Waals surface area contributed by atoms with Gasteiger partial charge in [0.05, 0.1) is 0 Å². The molecule has 1 aliphatic heterocycles. The number of likely N-dealkylation sites (tertiary alicyclic amines) is 1. The van der Waals surface area contributed by atoms with Crippen LogP contribution in [0.2, 0.25) is 0 Å². The third-order valence-electron chi connectivity index (χ3n) is 4.36. The Bertz CT molecular complexity index is 349. The van der Waals surface area contributed by atoms with Gasteiger partial charge in [-0.3, -0.25) is 4.90 Å². The Hall–Kier alpha value is -0.860. The summed E-state index contributed by atoms with van der Waals surface area (Å²) in [5.74, 6) is 0.683. The van der Waals surface area contributed by atoms with Crippen molar-refractivity contribution in [1.82, 2.24) is 4.90 Å². The van der Waals surface area contributed by atoms with Gasteiger partial charge in [-0.15, -0.1) is 0 Å². The largest absolute Gasteiger partial charge is 0.326 e. The van der Waals surface area contributed by atoms with Crippen LogP contribution < -0.4 is 5.73 Å². The average molecular weight is 246 g/mol. The summed E-state index contributed by atoms with van der Waals surface area (Å²) in [7, 11) is 0. The van der Waals surface area contributed by atoms with Crippen molar-refractivity contribution in [3.8, 4) is 0 Å². The molecule has 0 amide bonds. The number of benzene rings is 1. The van der Waals surface area contributed by atoms with Crippen molar-refractivity contribution in [3.05, 3.63) is 35.9 Å². The van der Waals surface area contributed by atoms with E-state index in [2.05, 4.69) is 49.1 Å². The molecule has 0 aliphatic carbocycles. The third kappa shape index (κ3) is 3.56. The maximum atomic E-state index is 6.17. The molecule has 18 heavy (non-hydrogen) atoms. The molecule has 1 aromatic carbocycles. The second kappa shape index (κ2) is 6.35. The number of piperidine rings is 1. The average Bonchev–Trinajstić information content (AvgIpc) is 2.40. The number of aryl methyl sites for hydroxylation is 1. The Labute approximate surface area is 111 Å². The van der Waals surface area contributed by atoms with E-state index in [9.17, 15) is 0 Å². The van der Waals surface area contributed by atoms with Gasteiger partial charge in [0.15, 0.2) is 0 Å². The van der Waals surface area contributed by atoms with E-state index in [0.717, 1.165) is 6.54 Å². The van der Waals surface area contributed by atoms with Crippen molar-refractivity contribution in [2.24, 2.45) is 11.7 Å². The molecule has 3 atom stereocenters. The van der Waals surface area contributed by atoms with Crippen LogP contribution in [0.3, 0.4) is 0 Å². The van der Waals surface area contributed by atoms with Gasteiger partial charge in [-0.25, -0.2) is 0 Å². The number of nitrogens with two attached hydrogens (primary N) is 1. The number of rotatable bonds is 4. The first-order chi connectivity index (χ1) is 8.66. The smallest absolute Gasteiger partial charge is 0.0194 e. The van der Waals surface area contributed by atoms with E-state index in [0.29, 0.717) is 18.0 Å². The lowest BCUT2D eigenvalue weighted by molar-refractivity contribution is 0.123. The van der Waals surface area contributed by atoms with Gasteiger partial charge in [0.2, 0.25) is 0 Å². The maximum absolute atomic E-state index is 6.17. The van der Waals surface area contributed by atoms with E-state index in [-0.39, 0.29) is 0 Å². The molecule has 0 aromatic heterocycles. The Kier molecular flexibility index (Phi) is 4.79. The van der Waals surface area contributed by atoms with Crippen molar-refractivity contribution >= 4 is 0 Å². The van der Waals surface area contributed by atoms with Crippen LogP contribution >= 0.6 is 0 Å². The van der Waals surface area contributed by atoms with Crippen LogP contribution in [0.4, 0.5) is 0 Å². The monoisotopic (exact) mass is 246 g/mol. The van der Waals surface area contributed by atoms with Gasteiger partial charge in [-0.1, -0.05) is 37.3 Å². The van der Waals surface area contributed by atoms with Gasteiger partial charge >= 0.3 is 0 Å². The van der Waals surface area contributed by atoms with Gasteiger partial charge in [-0.2, -0.15) is 0 Å². The first-order valence-corrected chi connectivity index (χ1v) is 7.20. The quantitative estimate of drug-likeness (QED) is 0.885. The lowest BCUT2D eigenvalue weighted by atomic mass is 9.92. The summed E-state index contributed by atoms with van der Waals surface area (Å²) < 4.78 is 0. The topological polar surface area (TPSA) is 29.3 Å². The van der Waals surface area contributed by atoms with Gasteiger partial charge in [0.25, 0.3) is 0 Å². The molecule has 1 aliphatic rings. The van der Waals surface area contributed by atoms with Gasteiger partial charge in [0, 0.05) is 18.6 Å². The normalized spacial score (nSPS) is 27.1. The number of hydrogen-bond donors (Lipinski definition) is 1. The van der Waals surface area contributed by atoms with E-state index in [4.69, 9.17) is 5.73 Å². The van der Waals surface area contributed by atoms with Crippen molar-refractivity contribution in [2.75, 3.05) is 13.1 Å². The van der Waals surface area contributed by atoms with Gasteiger partial charge < -0.3 is 5.73 Å². The fourth-order valence-corrected chi connectivity index (χ4v) is 2.73. The van der Waals surface area contributed by atoms with E-state index < -0.39 is 0 Å². The Morgan fingerprint density at radius 3 is 2.72 bits per heavy atom. The molecule has 1 aromatic rings. The summed E-state index contributed by atoms with van der Waals surface area (Å²) in [5, 5.41) is 0. The molecule has 1 heterocycles. The Morgan fingerprint density at radius 1 is 1.33 bits per heavy atom. The molecule has 0 bridgehead atoms. The Balaban J connectivity index is 1.80. The summed E-state index contributed by atoms with van der Waals surface area (Å²) in [6, 6.07) is 11.8. The molecular weight excluding hydrogens is 220 g/mol. The molecule has 2 rings (SSSR count). The minimum atomic E-state index is 0.359. The highest BCUT2D eigenvalue weighted by molar-refractivity contribution is 5.14. The predicted octanol–water partition coefficient (Wildman–Crippen LogP) is 2.68. The predicted molar refractivity (Wildman–Crippen MR) is 77.6 cm³/mol. The van der Waals surface area contributed by atoms with Crippen molar-refractivity contribution < 1.29 is 0 Å². The zero-order valence-electron chi connectivity index (χ0n) is 11.7. The molecule has 2 nitrogen and oxygen atoms in total. The molecule has 2 heteroatoms. The highest BCUT2D eigenvalue weighted by Gasteiger charge is 2.25. The van der Waals surface area contributed by atoms with Crippen molar-refractivity contribution in [1.29, 1.82) is 0 Å². The fraction of sp³-hybridized carbons (Fsp3) is 0.625. The van der Waals surface area contributed by atoms with E-state index in [1.54, 1.807) is 0 Å².